The molecule has 26 heavy (non-hydrogen) atoms. The van der Waals surface area contributed by atoms with Crippen LogP contribution in [0.25, 0.3) is 0 Å². The van der Waals surface area contributed by atoms with Crippen molar-refractivity contribution in [3.63, 3.8) is 0 Å². The summed E-state index contributed by atoms with van der Waals surface area (Å²) in [7, 11) is 0. The van der Waals surface area contributed by atoms with Crippen molar-refractivity contribution in [3.8, 4) is 0 Å². The normalized spacial score (nSPS) is 13.5. The number of hydrogen-bond donors (Lipinski definition) is 1. The lowest BCUT2D eigenvalue weighted by Crippen LogP contribution is -2.33. The van der Waals surface area contributed by atoms with Crippen LogP contribution in [-0.2, 0) is 11.3 Å². The van der Waals surface area contributed by atoms with Crippen molar-refractivity contribution in [2.75, 3.05) is 0 Å². The Morgan fingerprint density at radius 1 is 1.27 bits per heavy atom. The molecule has 1 aromatic carbocycles. The van der Waals surface area contributed by atoms with Crippen LogP contribution in [0.5, 0.6) is 0 Å². The van der Waals surface area contributed by atoms with Gasteiger partial charge in [0.25, 0.3) is 5.91 Å². The third-order valence-corrected chi connectivity index (χ3v) is 4.55. The Kier molecular flexibility index (Phi) is 6.81. The molecule has 0 spiro atoms. The van der Waals surface area contributed by atoms with E-state index in [0.717, 1.165) is 18.4 Å². The molecule has 1 aliphatic heterocycles. The second-order valence-corrected chi connectivity index (χ2v) is 6.57. The van der Waals surface area contributed by atoms with Crippen molar-refractivity contribution in [2.24, 2.45) is 0 Å². The molecule has 1 N–H and O–H groups in total. The molecule has 1 aliphatic rings. The van der Waals surface area contributed by atoms with Gasteiger partial charge in [0, 0.05) is 18.4 Å². The van der Waals surface area contributed by atoms with Crippen LogP contribution in [0.4, 0.5) is 4.39 Å². The molecular weight excluding hydrogens is 351 g/mol. The van der Waals surface area contributed by atoms with Crippen molar-refractivity contribution in [1.82, 2.24) is 10.2 Å². The standard InChI is InChI=1S/C21H24ClFN2O/c1-5-17(6-2)20(25-13-18(22)10-8-15(25)4)21(26)24-12-16-9-7-14(3)19(23)11-16/h7-11,13H,4-6,12H2,1-3H3,(H,24,26). The maximum absolute atomic E-state index is 13.7. The van der Waals surface area contributed by atoms with Crippen molar-refractivity contribution in [2.45, 2.75) is 40.2 Å². The van der Waals surface area contributed by atoms with Gasteiger partial charge < -0.3 is 10.2 Å². The van der Waals surface area contributed by atoms with Crippen LogP contribution >= 0.6 is 11.6 Å². The van der Waals surface area contributed by atoms with Gasteiger partial charge >= 0.3 is 0 Å². The molecule has 0 atom stereocenters. The Hall–Kier alpha value is -2.33. The molecule has 0 fully saturated rings. The van der Waals surface area contributed by atoms with Crippen LogP contribution in [0, 0.1) is 12.7 Å². The van der Waals surface area contributed by atoms with E-state index in [0.29, 0.717) is 27.6 Å². The largest absolute Gasteiger partial charge is 0.347 e. The second kappa shape index (κ2) is 8.86. The van der Waals surface area contributed by atoms with E-state index < -0.39 is 0 Å². The SMILES string of the molecule is C=C1C=CC(Cl)=CN1C(C(=O)NCc1ccc(C)c(F)c1)=C(CC)CC. The van der Waals surface area contributed by atoms with E-state index in [4.69, 9.17) is 11.6 Å². The summed E-state index contributed by atoms with van der Waals surface area (Å²) in [5, 5.41) is 3.41. The Balaban J connectivity index is 2.27. The van der Waals surface area contributed by atoms with E-state index in [1.54, 1.807) is 36.2 Å². The number of nitrogens with zero attached hydrogens (tertiary/aromatic N) is 1. The topological polar surface area (TPSA) is 32.3 Å². The third kappa shape index (κ3) is 4.64. The highest BCUT2D eigenvalue weighted by atomic mass is 35.5. The van der Waals surface area contributed by atoms with Gasteiger partial charge in [-0.2, -0.15) is 0 Å². The number of amides is 1. The summed E-state index contributed by atoms with van der Waals surface area (Å²) in [5.74, 6) is -0.513. The average Bonchev–Trinajstić information content (AvgIpc) is 2.62. The van der Waals surface area contributed by atoms with E-state index in [1.807, 2.05) is 19.9 Å². The van der Waals surface area contributed by atoms with Crippen molar-refractivity contribution in [3.05, 3.63) is 82.1 Å². The minimum atomic E-state index is -0.278. The fourth-order valence-corrected chi connectivity index (χ4v) is 2.91. The van der Waals surface area contributed by atoms with Gasteiger partial charge in [-0.15, -0.1) is 0 Å². The Bertz CT molecular complexity index is 802. The van der Waals surface area contributed by atoms with Gasteiger partial charge in [-0.1, -0.05) is 44.2 Å². The van der Waals surface area contributed by atoms with Crippen molar-refractivity contribution >= 4 is 17.5 Å². The Labute approximate surface area is 159 Å². The number of carbonyl (C=O) groups excluding carboxylic acids is 1. The number of carbonyl (C=O) groups is 1. The summed E-state index contributed by atoms with van der Waals surface area (Å²) in [6, 6.07) is 4.96. The minimum Gasteiger partial charge on any atom is -0.347 e. The molecule has 1 aromatic rings. The lowest BCUT2D eigenvalue weighted by atomic mass is 10.1. The average molecular weight is 375 g/mol. The molecule has 2 rings (SSSR count). The number of aryl methyl sites for hydroxylation is 1. The van der Waals surface area contributed by atoms with Gasteiger partial charge in [0.2, 0.25) is 0 Å². The lowest BCUT2D eigenvalue weighted by molar-refractivity contribution is -0.118. The molecular formula is C21H24ClFN2O. The van der Waals surface area contributed by atoms with Crippen LogP contribution in [0.2, 0.25) is 0 Å². The van der Waals surface area contributed by atoms with E-state index in [2.05, 4.69) is 11.9 Å². The van der Waals surface area contributed by atoms with Crippen LogP contribution in [0.3, 0.4) is 0 Å². The smallest absolute Gasteiger partial charge is 0.268 e. The van der Waals surface area contributed by atoms with Crippen molar-refractivity contribution < 1.29 is 9.18 Å². The Morgan fingerprint density at radius 2 is 1.96 bits per heavy atom. The van der Waals surface area contributed by atoms with Crippen LogP contribution in [0.15, 0.2) is 65.1 Å². The van der Waals surface area contributed by atoms with Crippen LogP contribution < -0.4 is 5.32 Å². The summed E-state index contributed by atoms with van der Waals surface area (Å²) in [6.07, 6.45) is 6.67. The molecule has 0 saturated heterocycles. The molecule has 5 heteroatoms. The first-order valence-corrected chi connectivity index (χ1v) is 9.03. The molecule has 3 nitrogen and oxygen atoms in total. The molecule has 1 amide bonds. The highest BCUT2D eigenvalue weighted by Gasteiger charge is 2.22. The number of benzene rings is 1. The van der Waals surface area contributed by atoms with Crippen LogP contribution in [-0.4, -0.2) is 10.8 Å². The van der Waals surface area contributed by atoms with Gasteiger partial charge in [0.15, 0.2) is 0 Å². The first kappa shape index (κ1) is 20.0. The zero-order valence-corrected chi connectivity index (χ0v) is 16.2. The quantitative estimate of drug-likeness (QED) is 0.686. The molecule has 0 bridgehead atoms. The van der Waals surface area contributed by atoms with Gasteiger partial charge in [-0.25, -0.2) is 4.39 Å². The first-order valence-electron chi connectivity index (χ1n) is 8.66. The molecule has 138 valence electrons. The number of nitrogens with one attached hydrogen (secondary N) is 1. The van der Waals surface area contributed by atoms with Crippen LogP contribution in [0.1, 0.15) is 37.8 Å². The monoisotopic (exact) mass is 374 g/mol. The molecule has 1 heterocycles. The second-order valence-electron chi connectivity index (χ2n) is 6.13. The molecule has 0 aromatic heterocycles. The van der Waals surface area contributed by atoms with Gasteiger partial charge in [0.1, 0.15) is 11.5 Å². The number of halogens is 2. The van der Waals surface area contributed by atoms with Gasteiger partial charge in [-0.3, -0.25) is 4.79 Å². The summed E-state index contributed by atoms with van der Waals surface area (Å²) in [5.41, 5.74) is 3.47. The highest BCUT2D eigenvalue weighted by molar-refractivity contribution is 6.31. The van der Waals surface area contributed by atoms with E-state index in [9.17, 15) is 9.18 Å². The number of rotatable bonds is 6. The summed E-state index contributed by atoms with van der Waals surface area (Å²) < 4.78 is 13.7. The van der Waals surface area contributed by atoms with E-state index >= 15 is 0 Å². The number of hydrogen-bond acceptors (Lipinski definition) is 2. The summed E-state index contributed by atoms with van der Waals surface area (Å²) in [6.45, 7) is 9.97. The van der Waals surface area contributed by atoms with Gasteiger partial charge in [0.05, 0.1) is 5.03 Å². The minimum absolute atomic E-state index is 0.234. The summed E-state index contributed by atoms with van der Waals surface area (Å²) in [4.78, 5) is 14.7. The first-order chi connectivity index (χ1) is 12.4. The Morgan fingerprint density at radius 3 is 2.58 bits per heavy atom. The van der Waals surface area contributed by atoms with E-state index in [-0.39, 0.29) is 18.3 Å². The fourth-order valence-electron chi connectivity index (χ4n) is 2.75. The summed E-state index contributed by atoms with van der Waals surface area (Å²) >= 11 is 6.12. The molecule has 0 radical (unpaired) electrons. The predicted octanol–water partition coefficient (Wildman–Crippen LogP) is 5.29. The van der Waals surface area contributed by atoms with Crippen molar-refractivity contribution in [1.29, 1.82) is 0 Å². The lowest BCUT2D eigenvalue weighted by Gasteiger charge is -2.28. The van der Waals surface area contributed by atoms with E-state index in [1.165, 1.54) is 6.07 Å². The molecule has 0 saturated carbocycles. The maximum atomic E-state index is 13.7. The fraction of sp³-hybridized carbons (Fsp3) is 0.286. The molecule has 0 unspecified atom stereocenters. The number of allylic oxidation sites excluding steroid dienone is 4. The zero-order valence-electron chi connectivity index (χ0n) is 15.4. The highest BCUT2D eigenvalue weighted by Crippen LogP contribution is 2.27. The maximum Gasteiger partial charge on any atom is 0.268 e. The van der Waals surface area contributed by atoms with Gasteiger partial charge in [-0.05, 0) is 54.7 Å². The predicted molar refractivity (Wildman–Crippen MR) is 105 cm³/mol. The third-order valence-electron chi connectivity index (χ3n) is 4.33. The zero-order chi connectivity index (χ0) is 19.3. The molecule has 0 aliphatic carbocycles.